The summed E-state index contributed by atoms with van der Waals surface area (Å²) in [6, 6.07) is 5.35. The number of carbonyl (C=O) groups is 3. The van der Waals surface area contributed by atoms with E-state index in [1.165, 1.54) is 6.92 Å². The Hall–Kier alpha value is -2.37. The smallest absolute Gasteiger partial charge is 0.303 e. The Kier molecular flexibility index (Phi) is 4.57. The number of nitrogens with zero attached hydrogens (tertiary/aromatic N) is 1. The van der Waals surface area contributed by atoms with Gasteiger partial charge in [-0.1, -0.05) is 0 Å². The van der Waals surface area contributed by atoms with Crippen LogP contribution in [0.25, 0.3) is 0 Å². The van der Waals surface area contributed by atoms with E-state index in [4.69, 9.17) is 0 Å². The molecule has 21 heavy (non-hydrogen) atoms. The van der Waals surface area contributed by atoms with Crippen molar-refractivity contribution in [3.8, 4) is 0 Å². The van der Waals surface area contributed by atoms with E-state index < -0.39 is 11.9 Å². The van der Waals surface area contributed by atoms with Crippen LogP contribution < -0.4 is 10.2 Å². The molecule has 1 aromatic carbocycles. The van der Waals surface area contributed by atoms with Crippen LogP contribution in [0.1, 0.15) is 25.3 Å². The molecule has 0 radical (unpaired) electrons. The lowest BCUT2D eigenvalue weighted by atomic mass is 10.1. The van der Waals surface area contributed by atoms with E-state index in [2.05, 4.69) is 10.1 Å². The number of aryl methyl sites for hydroxylation is 1. The average Bonchev–Trinajstić information content (AvgIpc) is 2.83. The van der Waals surface area contributed by atoms with Gasteiger partial charge in [0.05, 0.1) is 0 Å². The third-order valence-corrected chi connectivity index (χ3v) is 3.25. The van der Waals surface area contributed by atoms with E-state index >= 15 is 0 Å². The summed E-state index contributed by atoms with van der Waals surface area (Å²) < 4.78 is 4.62. The number of hydrogen-bond acceptors (Lipinski definition) is 4. The van der Waals surface area contributed by atoms with E-state index in [0.717, 1.165) is 24.2 Å². The van der Waals surface area contributed by atoms with Gasteiger partial charge in [0.15, 0.2) is 6.61 Å². The zero-order valence-corrected chi connectivity index (χ0v) is 12.1. The zero-order chi connectivity index (χ0) is 15.4. The van der Waals surface area contributed by atoms with Gasteiger partial charge in [-0.15, -0.1) is 0 Å². The number of rotatable bonds is 4. The highest BCUT2D eigenvalue weighted by Crippen LogP contribution is 2.27. The van der Waals surface area contributed by atoms with Crippen LogP contribution in [0.5, 0.6) is 0 Å². The Morgan fingerprint density at radius 2 is 2.14 bits per heavy atom. The van der Waals surface area contributed by atoms with Crippen molar-refractivity contribution < 1.29 is 19.1 Å². The summed E-state index contributed by atoms with van der Waals surface area (Å²) in [5, 5.41) is 2.65. The minimum atomic E-state index is -0.496. The maximum absolute atomic E-state index is 11.7. The largest absolute Gasteiger partial charge is 0.456 e. The quantitative estimate of drug-likeness (QED) is 0.855. The molecule has 0 saturated carbocycles. The molecule has 1 fully saturated rings. The van der Waals surface area contributed by atoms with Gasteiger partial charge in [0.1, 0.15) is 0 Å². The molecule has 0 spiro atoms. The molecule has 1 aromatic rings. The number of nitrogens with one attached hydrogen (secondary N) is 1. The van der Waals surface area contributed by atoms with Gasteiger partial charge in [-0.3, -0.25) is 14.4 Å². The molecule has 0 aromatic heterocycles. The highest BCUT2D eigenvalue weighted by Gasteiger charge is 2.22. The maximum atomic E-state index is 11.7. The standard InChI is InChI=1S/C15H18N2O4/c1-10-8-12(16-14(19)9-21-11(2)18)5-6-13(10)17-7-3-4-15(17)20/h5-6,8H,3-4,7,9H2,1-2H3,(H,16,19). The number of carbonyl (C=O) groups excluding carboxylic acids is 3. The van der Waals surface area contributed by atoms with Crippen molar-refractivity contribution in [3.63, 3.8) is 0 Å². The average molecular weight is 290 g/mol. The number of ether oxygens (including phenoxy) is 1. The first-order valence-electron chi connectivity index (χ1n) is 6.81. The van der Waals surface area contributed by atoms with Gasteiger partial charge in [-0.05, 0) is 37.1 Å². The van der Waals surface area contributed by atoms with Crippen molar-refractivity contribution >= 4 is 29.2 Å². The van der Waals surface area contributed by atoms with E-state index in [9.17, 15) is 14.4 Å². The van der Waals surface area contributed by atoms with Gasteiger partial charge in [0.25, 0.3) is 5.91 Å². The molecule has 0 bridgehead atoms. The summed E-state index contributed by atoms with van der Waals surface area (Å²) in [7, 11) is 0. The summed E-state index contributed by atoms with van der Waals surface area (Å²) in [6.07, 6.45) is 1.46. The van der Waals surface area contributed by atoms with Crippen LogP contribution in [0.15, 0.2) is 18.2 Å². The third-order valence-electron chi connectivity index (χ3n) is 3.25. The summed E-state index contributed by atoms with van der Waals surface area (Å²) in [4.78, 5) is 35.7. The van der Waals surface area contributed by atoms with Gasteiger partial charge in [0, 0.05) is 31.3 Å². The van der Waals surface area contributed by atoms with E-state index in [1.54, 1.807) is 17.0 Å². The van der Waals surface area contributed by atoms with Crippen LogP contribution in [-0.2, 0) is 19.1 Å². The molecule has 112 valence electrons. The lowest BCUT2D eigenvalue weighted by Gasteiger charge is -2.19. The molecule has 1 N–H and O–H groups in total. The second kappa shape index (κ2) is 6.39. The molecular weight excluding hydrogens is 272 g/mol. The fraction of sp³-hybridized carbons (Fsp3) is 0.400. The van der Waals surface area contributed by atoms with Crippen molar-refractivity contribution in [2.75, 3.05) is 23.4 Å². The van der Waals surface area contributed by atoms with Gasteiger partial charge in [-0.2, -0.15) is 0 Å². The number of hydrogen-bond donors (Lipinski definition) is 1. The Morgan fingerprint density at radius 3 is 2.71 bits per heavy atom. The van der Waals surface area contributed by atoms with E-state index in [0.29, 0.717) is 12.1 Å². The number of esters is 1. The number of amides is 2. The summed E-state index contributed by atoms with van der Waals surface area (Å²) in [5.74, 6) is -0.761. The molecule has 2 amide bonds. The maximum Gasteiger partial charge on any atom is 0.303 e. The highest BCUT2D eigenvalue weighted by atomic mass is 16.5. The molecule has 0 aliphatic carbocycles. The molecule has 1 aliphatic heterocycles. The lowest BCUT2D eigenvalue weighted by Crippen LogP contribution is -2.24. The SMILES string of the molecule is CC(=O)OCC(=O)Nc1ccc(N2CCCC2=O)c(C)c1. The van der Waals surface area contributed by atoms with Crippen LogP contribution in [0.2, 0.25) is 0 Å². The first-order chi connectivity index (χ1) is 9.97. The molecule has 1 heterocycles. The van der Waals surface area contributed by atoms with Crippen molar-refractivity contribution in [1.29, 1.82) is 0 Å². The minimum Gasteiger partial charge on any atom is -0.456 e. The van der Waals surface area contributed by atoms with Gasteiger partial charge >= 0.3 is 5.97 Å². The Bertz CT molecular complexity index is 583. The molecular formula is C15H18N2O4. The molecule has 1 aliphatic rings. The van der Waals surface area contributed by atoms with Gasteiger partial charge in [0.2, 0.25) is 5.91 Å². The van der Waals surface area contributed by atoms with Crippen LogP contribution in [0, 0.1) is 6.92 Å². The molecule has 2 rings (SSSR count). The van der Waals surface area contributed by atoms with Crippen molar-refractivity contribution in [3.05, 3.63) is 23.8 Å². The molecule has 6 nitrogen and oxygen atoms in total. The van der Waals surface area contributed by atoms with Crippen LogP contribution in [0.3, 0.4) is 0 Å². The van der Waals surface area contributed by atoms with Crippen molar-refractivity contribution in [2.24, 2.45) is 0 Å². The van der Waals surface area contributed by atoms with Crippen molar-refractivity contribution in [1.82, 2.24) is 0 Å². The molecule has 1 saturated heterocycles. The van der Waals surface area contributed by atoms with Crippen LogP contribution in [-0.4, -0.2) is 30.9 Å². The first kappa shape index (κ1) is 15.0. The number of anilines is 2. The fourth-order valence-corrected chi connectivity index (χ4v) is 2.30. The number of benzene rings is 1. The lowest BCUT2D eigenvalue weighted by molar-refractivity contribution is -0.144. The molecule has 0 unspecified atom stereocenters. The topological polar surface area (TPSA) is 75.7 Å². The summed E-state index contributed by atoms with van der Waals surface area (Å²) in [5.41, 5.74) is 2.39. The molecule has 6 heteroatoms. The summed E-state index contributed by atoms with van der Waals surface area (Å²) in [6.45, 7) is 3.57. The van der Waals surface area contributed by atoms with Crippen LogP contribution in [0.4, 0.5) is 11.4 Å². The second-order valence-electron chi connectivity index (χ2n) is 4.98. The Balaban J connectivity index is 2.03. The van der Waals surface area contributed by atoms with Crippen LogP contribution >= 0.6 is 0 Å². The Morgan fingerprint density at radius 1 is 1.38 bits per heavy atom. The monoisotopic (exact) mass is 290 g/mol. The second-order valence-corrected chi connectivity index (χ2v) is 4.98. The predicted octanol–water partition coefficient (Wildman–Crippen LogP) is 1.62. The fourth-order valence-electron chi connectivity index (χ4n) is 2.30. The van der Waals surface area contributed by atoms with E-state index in [1.807, 2.05) is 13.0 Å². The summed E-state index contributed by atoms with van der Waals surface area (Å²) >= 11 is 0. The van der Waals surface area contributed by atoms with E-state index in [-0.39, 0.29) is 12.5 Å². The Labute approximate surface area is 123 Å². The van der Waals surface area contributed by atoms with Gasteiger partial charge < -0.3 is 15.0 Å². The van der Waals surface area contributed by atoms with Crippen molar-refractivity contribution in [2.45, 2.75) is 26.7 Å². The normalized spacial score (nSPS) is 14.2. The first-order valence-corrected chi connectivity index (χ1v) is 6.81. The third kappa shape index (κ3) is 3.81. The molecule has 0 atom stereocenters. The zero-order valence-electron chi connectivity index (χ0n) is 12.1. The predicted molar refractivity (Wildman–Crippen MR) is 78.0 cm³/mol. The van der Waals surface area contributed by atoms with Gasteiger partial charge in [-0.25, -0.2) is 0 Å². The minimum absolute atomic E-state index is 0.129. The highest BCUT2D eigenvalue weighted by molar-refractivity contribution is 5.97.